The van der Waals surface area contributed by atoms with Crippen molar-refractivity contribution >= 4 is 40.4 Å². The predicted molar refractivity (Wildman–Crippen MR) is 171 cm³/mol. The second-order valence-corrected chi connectivity index (χ2v) is 11.3. The van der Waals surface area contributed by atoms with Gasteiger partial charge in [-0.2, -0.15) is 0 Å². The molecule has 2 aliphatic heterocycles. The van der Waals surface area contributed by atoms with E-state index >= 15 is 0 Å². The number of nitrogens with zero attached hydrogens (tertiary/aromatic N) is 2. The highest BCUT2D eigenvalue weighted by Gasteiger charge is 2.30. The summed E-state index contributed by atoms with van der Waals surface area (Å²) < 4.78 is 4.90. The van der Waals surface area contributed by atoms with E-state index in [2.05, 4.69) is 40.0 Å². The SMILES string of the molecule is COC(=O)c1cc2c(cc1C)/C(=C(/Nc1ccc(C(=O)NOCCN3CCC(N(C)C)CC3)cc1)c1ccccc1)C(=O)N2. The molecule has 3 aromatic carbocycles. The molecule has 0 bridgehead atoms. The number of rotatable bonds is 10. The van der Waals surface area contributed by atoms with E-state index in [0.717, 1.165) is 38.0 Å². The van der Waals surface area contributed by atoms with E-state index in [0.29, 0.717) is 57.5 Å². The molecule has 10 nitrogen and oxygen atoms in total. The first kappa shape index (κ1) is 30.9. The second kappa shape index (κ2) is 13.9. The van der Waals surface area contributed by atoms with E-state index < -0.39 is 5.97 Å². The third kappa shape index (κ3) is 6.99. The summed E-state index contributed by atoms with van der Waals surface area (Å²) in [6.45, 7) is 5.04. The van der Waals surface area contributed by atoms with Crippen molar-refractivity contribution in [2.24, 2.45) is 0 Å². The van der Waals surface area contributed by atoms with Crippen molar-refractivity contribution < 1.29 is 24.0 Å². The standard InChI is InChI=1S/C34H39N5O5/c1-22-20-28-29(21-27(22)34(42)43-4)36-33(41)30(28)31(23-8-6-5-7-9-23)35-25-12-10-24(11-13-25)32(40)37-44-19-18-39-16-14-26(15-17-39)38(2)3/h5-13,20-21,26,35H,14-19H2,1-4H3,(H,36,41)(H,37,40)/b31-30-. The van der Waals surface area contributed by atoms with Crippen molar-refractivity contribution in [2.75, 3.05) is 58.1 Å². The first-order valence-electron chi connectivity index (χ1n) is 14.8. The Morgan fingerprint density at radius 1 is 1.00 bits per heavy atom. The number of esters is 1. The normalized spacial score (nSPS) is 16.3. The number of hydrogen-bond acceptors (Lipinski definition) is 8. The molecule has 230 valence electrons. The lowest BCUT2D eigenvalue weighted by atomic mass is 9.96. The summed E-state index contributed by atoms with van der Waals surface area (Å²) in [4.78, 5) is 48.4. The Morgan fingerprint density at radius 3 is 2.36 bits per heavy atom. The Morgan fingerprint density at radius 2 is 1.70 bits per heavy atom. The zero-order valence-corrected chi connectivity index (χ0v) is 25.6. The third-order valence-electron chi connectivity index (χ3n) is 8.21. The van der Waals surface area contributed by atoms with Gasteiger partial charge in [-0.05, 0) is 94.5 Å². The Bertz CT molecular complexity index is 1540. The van der Waals surface area contributed by atoms with Crippen LogP contribution in [0.2, 0.25) is 0 Å². The number of hydroxylamine groups is 1. The van der Waals surface area contributed by atoms with Gasteiger partial charge in [-0.15, -0.1) is 0 Å². The van der Waals surface area contributed by atoms with Gasteiger partial charge in [0.2, 0.25) is 0 Å². The Labute approximate surface area is 258 Å². The highest BCUT2D eigenvalue weighted by atomic mass is 16.7. The van der Waals surface area contributed by atoms with Crippen LogP contribution in [0.4, 0.5) is 11.4 Å². The number of aryl methyl sites for hydroxylation is 1. The van der Waals surface area contributed by atoms with Gasteiger partial charge in [-0.3, -0.25) is 14.4 Å². The summed E-state index contributed by atoms with van der Waals surface area (Å²) in [5.41, 5.74) is 7.86. The zero-order chi connectivity index (χ0) is 31.2. The van der Waals surface area contributed by atoms with E-state index in [1.54, 1.807) is 30.3 Å². The molecule has 0 unspecified atom stereocenters. The van der Waals surface area contributed by atoms with Crippen LogP contribution in [0, 0.1) is 6.92 Å². The summed E-state index contributed by atoms with van der Waals surface area (Å²) in [6.07, 6.45) is 2.27. The lowest BCUT2D eigenvalue weighted by Crippen LogP contribution is -2.43. The van der Waals surface area contributed by atoms with E-state index in [1.165, 1.54) is 7.11 Å². The number of fused-ring (bicyclic) bond motifs is 1. The summed E-state index contributed by atoms with van der Waals surface area (Å²) in [6, 6.07) is 20.6. The number of ether oxygens (including phenoxy) is 1. The Kier molecular flexibility index (Phi) is 9.74. The van der Waals surface area contributed by atoms with Crippen LogP contribution in [-0.2, 0) is 14.4 Å². The molecule has 1 fully saturated rings. The van der Waals surface area contributed by atoms with Gasteiger partial charge >= 0.3 is 5.97 Å². The lowest BCUT2D eigenvalue weighted by molar-refractivity contribution is -0.110. The van der Waals surface area contributed by atoms with Gasteiger partial charge in [0.15, 0.2) is 0 Å². The van der Waals surface area contributed by atoms with Crippen molar-refractivity contribution in [3.05, 3.63) is 94.5 Å². The molecule has 3 aromatic rings. The zero-order valence-electron chi connectivity index (χ0n) is 25.6. The lowest BCUT2D eigenvalue weighted by Gasteiger charge is -2.34. The Balaban J connectivity index is 1.27. The molecular formula is C34H39N5O5. The smallest absolute Gasteiger partial charge is 0.338 e. The Hall–Kier alpha value is -4.51. The molecule has 5 rings (SSSR count). The van der Waals surface area contributed by atoms with Crippen LogP contribution in [0.5, 0.6) is 0 Å². The number of nitrogens with one attached hydrogen (secondary N) is 3. The fourth-order valence-corrected chi connectivity index (χ4v) is 5.65. The first-order valence-corrected chi connectivity index (χ1v) is 14.8. The van der Waals surface area contributed by atoms with Crippen LogP contribution >= 0.6 is 0 Å². The highest BCUT2D eigenvalue weighted by Crippen LogP contribution is 2.39. The van der Waals surface area contributed by atoms with Gasteiger partial charge in [-0.25, -0.2) is 10.3 Å². The fourth-order valence-electron chi connectivity index (χ4n) is 5.65. The fraction of sp³-hybridized carbons (Fsp3) is 0.324. The molecule has 0 saturated carbocycles. The molecule has 1 saturated heterocycles. The largest absolute Gasteiger partial charge is 0.465 e. The molecule has 2 aliphatic rings. The van der Waals surface area contributed by atoms with E-state index in [4.69, 9.17) is 9.57 Å². The molecular weight excluding hydrogens is 558 g/mol. The van der Waals surface area contributed by atoms with Crippen molar-refractivity contribution in [2.45, 2.75) is 25.8 Å². The number of anilines is 2. The molecule has 0 spiro atoms. The van der Waals surface area contributed by atoms with Gasteiger partial charge in [-0.1, -0.05) is 30.3 Å². The molecule has 3 N–H and O–H groups in total. The van der Waals surface area contributed by atoms with Crippen molar-refractivity contribution in [3.63, 3.8) is 0 Å². The van der Waals surface area contributed by atoms with Gasteiger partial charge < -0.3 is 25.2 Å². The van der Waals surface area contributed by atoms with Gasteiger partial charge in [0.1, 0.15) is 0 Å². The van der Waals surface area contributed by atoms with E-state index in [-0.39, 0.29) is 11.8 Å². The maximum atomic E-state index is 13.3. The van der Waals surface area contributed by atoms with Crippen LogP contribution in [0.15, 0.2) is 66.7 Å². The van der Waals surface area contributed by atoms with Gasteiger partial charge in [0.05, 0.1) is 36.2 Å². The van der Waals surface area contributed by atoms with Gasteiger partial charge in [0.25, 0.3) is 11.8 Å². The average Bonchev–Trinajstić information content (AvgIpc) is 3.35. The second-order valence-electron chi connectivity index (χ2n) is 11.3. The topological polar surface area (TPSA) is 112 Å². The number of carbonyl (C=O) groups excluding carboxylic acids is 3. The minimum atomic E-state index is -0.465. The molecule has 2 heterocycles. The number of likely N-dealkylation sites (tertiary alicyclic amines) is 1. The number of hydrogen-bond donors (Lipinski definition) is 3. The summed E-state index contributed by atoms with van der Waals surface area (Å²) in [7, 11) is 5.58. The third-order valence-corrected chi connectivity index (χ3v) is 8.21. The molecule has 0 radical (unpaired) electrons. The van der Waals surface area contributed by atoms with E-state index in [9.17, 15) is 14.4 Å². The van der Waals surface area contributed by atoms with Crippen LogP contribution < -0.4 is 16.1 Å². The molecule has 10 heteroatoms. The van der Waals surface area contributed by atoms with Crippen LogP contribution in [0.1, 0.15) is 50.2 Å². The first-order chi connectivity index (χ1) is 21.2. The predicted octanol–water partition coefficient (Wildman–Crippen LogP) is 4.40. The van der Waals surface area contributed by atoms with Crippen molar-refractivity contribution in [1.82, 2.24) is 15.3 Å². The maximum absolute atomic E-state index is 13.3. The highest BCUT2D eigenvalue weighted by molar-refractivity contribution is 6.37. The number of carbonyl (C=O) groups is 3. The minimum Gasteiger partial charge on any atom is -0.465 e. The maximum Gasteiger partial charge on any atom is 0.338 e. The minimum absolute atomic E-state index is 0.289. The van der Waals surface area contributed by atoms with E-state index in [1.807, 2.05) is 43.3 Å². The molecule has 2 amide bonds. The number of amides is 2. The molecule has 0 aliphatic carbocycles. The van der Waals surface area contributed by atoms with Gasteiger partial charge in [0, 0.05) is 29.4 Å². The van der Waals surface area contributed by atoms with Crippen LogP contribution in [0.3, 0.4) is 0 Å². The number of benzene rings is 3. The summed E-state index contributed by atoms with van der Waals surface area (Å²) in [5.74, 6) is -1.08. The molecule has 0 atom stereocenters. The number of piperidine rings is 1. The quantitative estimate of drug-likeness (QED) is 0.137. The molecule has 0 aromatic heterocycles. The number of methoxy groups -OCH3 is 1. The monoisotopic (exact) mass is 597 g/mol. The van der Waals surface area contributed by atoms with Crippen molar-refractivity contribution in [1.29, 1.82) is 0 Å². The summed E-state index contributed by atoms with van der Waals surface area (Å²) in [5, 5.41) is 6.29. The van der Waals surface area contributed by atoms with Crippen molar-refractivity contribution in [3.8, 4) is 0 Å². The average molecular weight is 598 g/mol. The molecule has 44 heavy (non-hydrogen) atoms. The summed E-state index contributed by atoms with van der Waals surface area (Å²) >= 11 is 0. The van der Waals surface area contributed by atoms with Crippen LogP contribution in [-0.4, -0.2) is 81.1 Å². The van der Waals surface area contributed by atoms with Crippen LogP contribution in [0.25, 0.3) is 11.3 Å².